The van der Waals surface area contributed by atoms with Crippen LogP contribution in [0.25, 0.3) is 0 Å². The van der Waals surface area contributed by atoms with Crippen LogP contribution < -0.4 is 0 Å². The summed E-state index contributed by atoms with van der Waals surface area (Å²) in [6.45, 7) is 3.41. The Kier molecular flexibility index (Phi) is 1.06. The third kappa shape index (κ3) is 0.962. The molecule has 0 aliphatic rings. The fourth-order valence-corrected chi connectivity index (χ4v) is 0.724. The van der Waals surface area contributed by atoms with Crippen LogP contribution in [0, 0.1) is 12.1 Å². The van der Waals surface area contributed by atoms with E-state index in [9.17, 15) is 4.39 Å². The molecule has 1 aromatic heterocycles. The van der Waals surface area contributed by atoms with Gasteiger partial charge < -0.3 is 0 Å². The van der Waals surface area contributed by atoms with Crippen molar-refractivity contribution in [1.82, 2.24) is 4.98 Å². The maximum Gasteiger partial charge on any atom is 0.196 e. The number of aromatic nitrogens is 1. The fourth-order valence-electron chi connectivity index (χ4n) is 0.288. The number of rotatable bonds is 0. The second kappa shape index (κ2) is 1.58. The molecule has 1 rings (SSSR count). The van der Waals surface area contributed by atoms with Gasteiger partial charge in [0.25, 0.3) is 0 Å². The highest BCUT2D eigenvalue weighted by molar-refractivity contribution is 7.10. The zero-order chi connectivity index (χ0) is 5.28. The van der Waals surface area contributed by atoms with Gasteiger partial charge in [-0.15, -0.1) is 0 Å². The van der Waals surface area contributed by atoms with Crippen LogP contribution >= 0.6 is 11.3 Å². The lowest BCUT2D eigenvalue weighted by atomic mass is 10.8. The van der Waals surface area contributed by atoms with Crippen LogP contribution in [0.1, 0.15) is 5.01 Å². The van der Waals surface area contributed by atoms with E-state index in [1.54, 1.807) is 0 Å². The van der Waals surface area contributed by atoms with Crippen molar-refractivity contribution < 1.29 is 4.39 Å². The Hall–Kier alpha value is -0.440. The third-order valence-corrected chi connectivity index (χ3v) is 1.17. The first-order valence-electron chi connectivity index (χ1n) is 1.72. The molecular weight excluding hydrogens is 113 g/mol. The molecule has 0 aliphatic carbocycles. The average Bonchev–Trinajstić information content (AvgIpc) is 1.87. The van der Waals surface area contributed by atoms with Gasteiger partial charge in [0.05, 0.1) is 11.2 Å². The van der Waals surface area contributed by atoms with Crippen LogP contribution in [0.15, 0.2) is 6.20 Å². The Labute approximate surface area is 44.8 Å². The number of thiazole rings is 1. The minimum Gasteiger partial charge on any atom is -0.246 e. The third-order valence-electron chi connectivity index (χ3n) is 0.525. The molecule has 1 aromatic rings. The monoisotopic (exact) mass is 116 g/mol. The van der Waals surface area contributed by atoms with Gasteiger partial charge in [-0.2, -0.15) is 4.39 Å². The van der Waals surface area contributed by atoms with Crippen molar-refractivity contribution >= 4 is 11.3 Å². The van der Waals surface area contributed by atoms with Crippen LogP contribution in [-0.4, -0.2) is 4.98 Å². The van der Waals surface area contributed by atoms with Crippen molar-refractivity contribution in [3.8, 4) is 0 Å². The molecule has 0 unspecified atom stereocenters. The number of hydrogen-bond donors (Lipinski definition) is 0. The van der Waals surface area contributed by atoms with Gasteiger partial charge in [-0.25, -0.2) is 4.98 Å². The molecule has 37 valence electrons. The van der Waals surface area contributed by atoms with Gasteiger partial charge in [0.15, 0.2) is 5.13 Å². The molecule has 0 amide bonds. The second-order valence-corrected chi connectivity index (χ2v) is 2.12. The highest BCUT2D eigenvalue weighted by Crippen LogP contribution is 2.07. The van der Waals surface area contributed by atoms with Gasteiger partial charge in [-0.1, -0.05) is 11.3 Å². The molecule has 0 aliphatic heterocycles. The summed E-state index contributed by atoms with van der Waals surface area (Å²) >= 11 is 0.954. The van der Waals surface area contributed by atoms with Gasteiger partial charge in [-0.3, -0.25) is 0 Å². The Morgan fingerprint density at radius 1 is 1.86 bits per heavy atom. The zero-order valence-electron chi connectivity index (χ0n) is 3.52. The van der Waals surface area contributed by atoms with E-state index in [2.05, 4.69) is 11.9 Å². The molecule has 0 saturated carbocycles. The zero-order valence-corrected chi connectivity index (χ0v) is 4.33. The molecule has 7 heavy (non-hydrogen) atoms. The molecule has 1 nitrogen and oxygen atoms in total. The summed E-state index contributed by atoms with van der Waals surface area (Å²) in [6, 6.07) is 0. The number of nitrogens with zero attached hydrogens (tertiary/aromatic N) is 1. The van der Waals surface area contributed by atoms with Crippen LogP contribution in [0.3, 0.4) is 0 Å². The Balaban J connectivity index is 3.04. The summed E-state index contributed by atoms with van der Waals surface area (Å²) in [7, 11) is 0. The van der Waals surface area contributed by atoms with Crippen LogP contribution in [0.4, 0.5) is 4.39 Å². The van der Waals surface area contributed by atoms with Crippen LogP contribution in [0.2, 0.25) is 0 Å². The molecule has 0 fully saturated rings. The van der Waals surface area contributed by atoms with Crippen molar-refractivity contribution in [2.45, 2.75) is 0 Å². The van der Waals surface area contributed by atoms with Crippen LogP contribution in [-0.2, 0) is 0 Å². The summed E-state index contributed by atoms with van der Waals surface area (Å²) in [4.78, 5) is 3.55. The SMILES string of the molecule is [CH2]c1ncc(F)s1. The first kappa shape index (κ1) is 4.71. The summed E-state index contributed by atoms with van der Waals surface area (Å²) < 4.78 is 11.8. The first-order valence-corrected chi connectivity index (χ1v) is 2.54. The summed E-state index contributed by atoms with van der Waals surface area (Å²) in [5, 5.41) is 0.252. The van der Waals surface area contributed by atoms with Crippen molar-refractivity contribution in [2.75, 3.05) is 0 Å². The average molecular weight is 116 g/mol. The number of halogens is 1. The van der Waals surface area contributed by atoms with Crippen molar-refractivity contribution in [3.05, 3.63) is 23.3 Å². The number of hydrogen-bond acceptors (Lipinski definition) is 2. The highest BCUT2D eigenvalue weighted by atomic mass is 32.1. The molecule has 1 radical (unpaired) electrons. The normalized spacial score (nSPS) is 9.43. The molecule has 0 bridgehead atoms. The van der Waals surface area contributed by atoms with E-state index in [1.165, 1.54) is 0 Å². The smallest absolute Gasteiger partial charge is 0.196 e. The predicted octanol–water partition coefficient (Wildman–Crippen LogP) is 1.46. The molecule has 0 N–H and O–H groups in total. The van der Waals surface area contributed by atoms with Crippen molar-refractivity contribution in [3.63, 3.8) is 0 Å². The van der Waals surface area contributed by atoms with E-state index < -0.39 is 0 Å². The summed E-state index contributed by atoms with van der Waals surface area (Å²) in [6.07, 6.45) is 1.16. The Morgan fingerprint density at radius 2 is 2.57 bits per heavy atom. The maximum absolute atomic E-state index is 11.8. The summed E-state index contributed by atoms with van der Waals surface area (Å²) in [5.74, 6) is 0. The minimum atomic E-state index is -0.273. The minimum absolute atomic E-state index is 0.273. The van der Waals surface area contributed by atoms with E-state index in [4.69, 9.17) is 0 Å². The second-order valence-electron chi connectivity index (χ2n) is 1.06. The fraction of sp³-hybridized carbons (Fsp3) is 0. The van der Waals surface area contributed by atoms with Crippen molar-refractivity contribution in [2.24, 2.45) is 0 Å². The van der Waals surface area contributed by atoms with Crippen LogP contribution in [0.5, 0.6) is 0 Å². The van der Waals surface area contributed by atoms with E-state index in [0.29, 0.717) is 5.01 Å². The van der Waals surface area contributed by atoms with E-state index in [1.807, 2.05) is 0 Å². The van der Waals surface area contributed by atoms with Gasteiger partial charge >= 0.3 is 0 Å². The lowest BCUT2D eigenvalue weighted by Crippen LogP contribution is -1.57. The molecule has 0 spiro atoms. The molecule has 0 atom stereocenters. The first-order chi connectivity index (χ1) is 3.29. The lowest BCUT2D eigenvalue weighted by Gasteiger charge is -1.65. The molecule has 1 heterocycles. The van der Waals surface area contributed by atoms with Crippen molar-refractivity contribution in [1.29, 1.82) is 0 Å². The topological polar surface area (TPSA) is 12.9 Å². The quantitative estimate of drug-likeness (QED) is 0.500. The van der Waals surface area contributed by atoms with Gasteiger partial charge in [0.2, 0.25) is 0 Å². The maximum atomic E-state index is 11.8. The molecule has 3 heteroatoms. The van der Waals surface area contributed by atoms with E-state index in [0.717, 1.165) is 17.5 Å². The molecule has 0 aromatic carbocycles. The Morgan fingerprint density at radius 3 is 2.71 bits per heavy atom. The predicted molar refractivity (Wildman–Crippen MR) is 26.5 cm³/mol. The lowest BCUT2D eigenvalue weighted by molar-refractivity contribution is 0.653. The van der Waals surface area contributed by atoms with Gasteiger partial charge in [-0.05, 0) is 0 Å². The molecular formula is C4H3FNS. The van der Waals surface area contributed by atoms with Gasteiger partial charge in [0, 0.05) is 6.92 Å². The Bertz CT molecular complexity index is 144. The summed E-state index contributed by atoms with van der Waals surface area (Å²) in [5.41, 5.74) is 0. The van der Waals surface area contributed by atoms with E-state index in [-0.39, 0.29) is 5.13 Å². The molecule has 0 saturated heterocycles. The standard InChI is InChI=1S/C4H3FNS/c1-3-6-2-4(5)7-3/h2H,1H2. The van der Waals surface area contributed by atoms with Gasteiger partial charge in [0.1, 0.15) is 0 Å². The highest BCUT2D eigenvalue weighted by Gasteiger charge is 1.90. The van der Waals surface area contributed by atoms with E-state index >= 15 is 0 Å². The largest absolute Gasteiger partial charge is 0.246 e.